The van der Waals surface area contributed by atoms with Crippen molar-refractivity contribution in [2.75, 3.05) is 13.2 Å². The van der Waals surface area contributed by atoms with Crippen molar-refractivity contribution in [2.24, 2.45) is 11.7 Å². The maximum absolute atomic E-state index is 13.9. The molecule has 0 aliphatic carbocycles. The number of H-pyrrole nitrogens is 1. The second kappa shape index (κ2) is 24.4. The molecule has 9 amide bonds. The Morgan fingerprint density at radius 1 is 0.697 bits per heavy atom. The lowest BCUT2D eigenvalue weighted by Gasteiger charge is -2.29. The number of aromatic amines is 1. The van der Waals surface area contributed by atoms with E-state index >= 15 is 0 Å². The minimum absolute atomic E-state index is 0.0399. The number of primary amides is 1. The quantitative estimate of drug-likeness (QED) is 0.0417. The molecule has 1 aromatic heterocycles. The third-order valence-electron chi connectivity index (χ3n) is 10.7. The molecule has 1 aliphatic heterocycles. The lowest BCUT2D eigenvalue weighted by atomic mass is 10.0. The highest BCUT2D eigenvalue weighted by atomic mass is 16.3. The number of carbonyl (C=O) groups excluding carboxylic acids is 9. The van der Waals surface area contributed by atoms with Crippen molar-refractivity contribution in [3.05, 3.63) is 71.9 Å². The number of nitrogens with one attached hydrogen (secondary N) is 9. The molecule has 0 radical (unpaired) electrons. The number of hydrogen-bond donors (Lipinski definition) is 13. The number of aliphatic hydroxyl groups is 3. The van der Waals surface area contributed by atoms with E-state index < -0.39 is 115 Å². The Hall–Kier alpha value is -6.91. The monoisotopic (exact) mass is 920 g/mol. The maximum Gasteiger partial charge on any atom is 0.245 e. The van der Waals surface area contributed by atoms with Crippen LogP contribution in [0.4, 0.5) is 0 Å². The smallest absolute Gasteiger partial charge is 0.245 e. The summed E-state index contributed by atoms with van der Waals surface area (Å²) in [5.74, 6) is -7.71. The molecule has 66 heavy (non-hydrogen) atoms. The predicted octanol–water partition coefficient (Wildman–Crippen LogP) is -3.46. The summed E-state index contributed by atoms with van der Waals surface area (Å²) in [6.07, 6.45) is -1.11. The van der Waals surface area contributed by atoms with Gasteiger partial charge in [0.25, 0.3) is 0 Å². The van der Waals surface area contributed by atoms with Crippen LogP contribution in [-0.2, 0) is 56.0 Å². The number of aromatic nitrogens is 1. The van der Waals surface area contributed by atoms with Crippen molar-refractivity contribution in [2.45, 2.75) is 114 Å². The fraction of sp³-hybridized carbons (Fsp3) is 0.477. The van der Waals surface area contributed by atoms with Crippen LogP contribution in [-0.4, -0.2) is 141 Å². The Labute approximate surface area is 380 Å². The predicted molar refractivity (Wildman–Crippen MR) is 237 cm³/mol. The summed E-state index contributed by atoms with van der Waals surface area (Å²) in [7, 11) is 0. The summed E-state index contributed by atoms with van der Waals surface area (Å²) >= 11 is 0. The van der Waals surface area contributed by atoms with Crippen molar-refractivity contribution < 1.29 is 58.5 Å². The molecular formula is C44H60N10O12. The van der Waals surface area contributed by atoms with E-state index in [0.717, 1.165) is 17.8 Å². The molecule has 14 N–H and O–H groups in total. The van der Waals surface area contributed by atoms with E-state index in [1.165, 1.54) is 6.92 Å². The molecule has 1 saturated heterocycles. The average Bonchev–Trinajstić information content (AvgIpc) is 3.90. The number of carbonyl (C=O) groups is 9. The SMILES string of the molecule is CC(C)C[C@H](NC(=O)[C@@H]1CCC(=O)N1)C(=O)N[C@H](C(=O)N[C@@H](Cc1ccccc1)C(=O)N[C@H](C(=O)N[C@@H](CO)C(=O)NCC(=O)N[C@@H](Cc1c[nH]c2ccccc12)C(N)=O)[C@@H](C)O)[C@@H](C)O. The van der Waals surface area contributed by atoms with Gasteiger partial charge in [0.2, 0.25) is 53.2 Å². The molecule has 22 heteroatoms. The molecule has 3 aromatic rings. The van der Waals surface area contributed by atoms with Gasteiger partial charge >= 0.3 is 0 Å². The molecule has 1 fully saturated rings. The Bertz CT molecular complexity index is 2220. The van der Waals surface area contributed by atoms with E-state index in [4.69, 9.17) is 5.73 Å². The van der Waals surface area contributed by atoms with Crippen LogP contribution in [0.3, 0.4) is 0 Å². The highest BCUT2D eigenvalue weighted by Crippen LogP contribution is 2.19. The highest BCUT2D eigenvalue weighted by Gasteiger charge is 2.37. The van der Waals surface area contributed by atoms with Gasteiger partial charge in [-0.2, -0.15) is 0 Å². The van der Waals surface area contributed by atoms with Crippen LogP contribution in [0.15, 0.2) is 60.8 Å². The first-order valence-corrected chi connectivity index (χ1v) is 21.5. The first-order chi connectivity index (χ1) is 31.3. The zero-order valence-corrected chi connectivity index (χ0v) is 37.1. The van der Waals surface area contributed by atoms with Gasteiger partial charge in [-0.15, -0.1) is 0 Å². The molecule has 1 aliphatic rings. The molecule has 0 unspecified atom stereocenters. The van der Waals surface area contributed by atoms with Crippen LogP contribution in [0.2, 0.25) is 0 Å². The summed E-state index contributed by atoms with van der Waals surface area (Å²) in [4.78, 5) is 121. The van der Waals surface area contributed by atoms with Gasteiger partial charge in [-0.05, 0) is 49.8 Å². The minimum atomic E-state index is -1.78. The van der Waals surface area contributed by atoms with E-state index in [0.29, 0.717) is 11.1 Å². The number of nitrogens with two attached hydrogens (primary N) is 1. The lowest BCUT2D eigenvalue weighted by molar-refractivity contribution is -0.138. The number of rotatable bonds is 24. The summed E-state index contributed by atoms with van der Waals surface area (Å²) in [5, 5.41) is 51.5. The zero-order chi connectivity index (χ0) is 48.7. The molecule has 0 spiro atoms. The largest absolute Gasteiger partial charge is 0.394 e. The lowest BCUT2D eigenvalue weighted by Crippen LogP contribution is -2.63. The molecule has 0 bridgehead atoms. The molecule has 9 atom stereocenters. The fourth-order valence-electron chi connectivity index (χ4n) is 7.16. The number of hydrogen-bond acceptors (Lipinski definition) is 12. The van der Waals surface area contributed by atoms with Crippen molar-refractivity contribution in [1.29, 1.82) is 0 Å². The first kappa shape index (κ1) is 51.7. The number of aliphatic hydroxyl groups excluding tert-OH is 3. The van der Waals surface area contributed by atoms with Gasteiger partial charge in [-0.25, -0.2) is 0 Å². The second-order valence-corrected chi connectivity index (χ2v) is 16.6. The molecular weight excluding hydrogens is 861 g/mol. The van der Waals surface area contributed by atoms with E-state index in [1.54, 1.807) is 50.4 Å². The van der Waals surface area contributed by atoms with Gasteiger partial charge in [0.15, 0.2) is 0 Å². The Morgan fingerprint density at radius 3 is 1.85 bits per heavy atom. The van der Waals surface area contributed by atoms with E-state index in [2.05, 4.69) is 47.5 Å². The Balaban J connectivity index is 1.41. The van der Waals surface area contributed by atoms with E-state index in [9.17, 15) is 58.5 Å². The summed E-state index contributed by atoms with van der Waals surface area (Å²) in [5.41, 5.74) is 7.59. The van der Waals surface area contributed by atoms with Gasteiger partial charge in [0.1, 0.15) is 42.3 Å². The molecule has 358 valence electrons. The highest BCUT2D eigenvalue weighted by molar-refractivity contribution is 5.98. The standard InChI is InChI=1S/C44H60N10O12/c1-22(2)16-31(50-40(62)29-14-15-34(58)48-29)41(63)53-36(23(3)56)43(65)51-32(17-25-10-6-5-7-11-25)42(64)54-37(24(4)57)44(66)52-33(21-55)39(61)47-20-35(59)49-30(38(45)60)18-26-19-46-28-13-9-8-12-27(26)28/h5-13,19,22-24,29-33,36-37,46,55-57H,14-18,20-21H2,1-4H3,(H2,45,60)(H,47,61)(H,48,58)(H,49,59)(H,50,62)(H,51,65)(H,52,66)(H,53,63)(H,54,64)/t23-,24-,29+,30+,31+,32+,33+,36+,37+/m1/s1. The third kappa shape index (κ3) is 15.1. The maximum atomic E-state index is 13.9. The Morgan fingerprint density at radius 2 is 1.29 bits per heavy atom. The summed E-state index contributed by atoms with van der Waals surface area (Å²) in [6, 6.07) is 5.82. The zero-order valence-electron chi connectivity index (χ0n) is 37.1. The van der Waals surface area contributed by atoms with Gasteiger partial charge in [0, 0.05) is 36.4 Å². The van der Waals surface area contributed by atoms with Crippen LogP contribution >= 0.6 is 0 Å². The number of benzene rings is 2. The average molecular weight is 921 g/mol. The van der Waals surface area contributed by atoms with Gasteiger partial charge in [-0.3, -0.25) is 43.2 Å². The fourth-order valence-corrected chi connectivity index (χ4v) is 7.16. The van der Waals surface area contributed by atoms with Crippen LogP contribution in [0.1, 0.15) is 58.1 Å². The van der Waals surface area contributed by atoms with Gasteiger partial charge in [-0.1, -0.05) is 62.4 Å². The first-order valence-electron chi connectivity index (χ1n) is 21.5. The summed E-state index contributed by atoms with van der Waals surface area (Å²) < 4.78 is 0. The van der Waals surface area contributed by atoms with Crippen molar-refractivity contribution >= 4 is 64.1 Å². The van der Waals surface area contributed by atoms with Crippen LogP contribution < -0.4 is 48.3 Å². The minimum Gasteiger partial charge on any atom is -0.394 e. The molecule has 2 aromatic carbocycles. The molecule has 0 saturated carbocycles. The second-order valence-electron chi connectivity index (χ2n) is 16.6. The van der Waals surface area contributed by atoms with Crippen molar-refractivity contribution in [3.63, 3.8) is 0 Å². The van der Waals surface area contributed by atoms with E-state index in [-0.39, 0.29) is 43.9 Å². The van der Waals surface area contributed by atoms with Gasteiger partial charge in [0.05, 0.1) is 25.4 Å². The number of amides is 9. The van der Waals surface area contributed by atoms with Crippen LogP contribution in [0.25, 0.3) is 10.9 Å². The summed E-state index contributed by atoms with van der Waals surface area (Å²) in [6.45, 7) is 4.30. The van der Waals surface area contributed by atoms with Gasteiger partial charge < -0.3 is 68.6 Å². The van der Waals surface area contributed by atoms with Crippen molar-refractivity contribution in [1.82, 2.24) is 47.5 Å². The molecule has 22 nitrogen and oxygen atoms in total. The van der Waals surface area contributed by atoms with E-state index in [1.807, 2.05) is 24.3 Å². The number of fused-ring (bicyclic) bond motifs is 1. The normalized spacial score (nSPS) is 17.1. The number of para-hydroxylation sites is 1. The Kier molecular flexibility index (Phi) is 19.1. The topological polar surface area (TPSA) is 352 Å². The molecule has 2 heterocycles. The van der Waals surface area contributed by atoms with Crippen molar-refractivity contribution in [3.8, 4) is 0 Å². The van der Waals surface area contributed by atoms with Crippen LogP contribution in [0.5, 0.6) is 0 Å². The molecule has 4 rings (SSSR count). The third-order valence-corrected chi connectivity index (χ3v) is 10.7. The van der Waals surface area contributed by atoms with Crippen LogP contribution in [0, 0.1) is 5.92 Å².